The first-order chi connectivity index (χ1) is 14.0. The van der Waals surface area contributed by atoms with Crippen molar-refractivity contribution < 1.29 is 14.6 Å². The number of anilines is 1. The summed E-state index contributed by atoms with van der Waals surface area (Å²) in [6.07, 6.45) is 2.93. The van der Waals surface area contributed by atoms with Gasteiger partial charge >= 0.3 is 0 Å². The van der Waals surface area contributed by atoms with Crippen LogP contribution in [0.1, 0.15) is 36.0 Å². The van der Waals surface area contributed by atoms with Crippen LogP contribution in [0.3, 0.4) is 0 Å². The van der Waals surface area contributed by atoms with E-state index in [0.29, 0.717) is 12.3 Å². The van der Waals surface area contributed by atoms with E-state index in [0.717, 1.165) is 55.7 Å². The highest BCUT2D eigenvalue weighted by atomic mass is 16.5. The number of para-hydroxylation sites is 1. The Morgan fingerprint density at radius 2 is 1.79 bits per heavy atom. The highest BCUT2D eigenvalue weighted by Crippen LogP contribution is 2.33. The number of benzene rings is 2. The fraction of sp³-hybridized carbons (Fsp3) is 0.458. The number of aromatic hydroxyl groups is 1. The third-order valence-corrected chi connectivity index (χ3v) is 6.26. The maximum atomic E-state index is 12.5. The molecule has 2 saturated heterocycles. The lowest BCUT2D eigenvalue weighted by molar-refractivity contribution is -0.140. The number of amides is 1. The maximum Gasteiger partial charge on any atom is 0.253 e. The van der Waals surface area contributed by atoms with E-state index in [2.05, 4.69) is 17.0 Å². The van der Waals surface area contributed by atoms with Crippen molar-refractivity contribution in [2.45, 2.75) is 45.3 Å². The van der Waals surface area contributed by atoms with Crippen LogP contribution in [0.15, 0.2) is 42.5 Å². The molecule has 2 aliphatic rings. The summed E-state index contributed by atoms with van der Waals surface area (Å²) in [6, 6.07) is 14.1. The van der Waals surface area contributed by atoms with E-state index in [1.165, 1.54) is 5.56 Å². The molecule has 0 radical (unpaired) electrons. The zero-order chi connectivity index (χ0) is 20.4. The standard InChI is InChI=1S/C24H30N2O3/c1-18-13-20(14-19(2)23(18)28)15-25-11-6-9-24(10-12-25)17-26(22(27)16-29-24)21-7-4-3-5-8-21/h3-5,7-8,13-14,28H,6,9-12,15-17H2,1-2H3. The molecular weight excluding hydrogens is 364 g/mol. The van der Waals surface area contributed by atoms with Gasteiger partial charge in [0.1, 0.15) is 12.4 Å². The normalized spacial score (nSPS) is 23.4. The number of phenols is 1. The van der Waals surface area contributed by atoms with Gasteiger partial charge in [-0.15, -0.1) is 0 Å². The molecule has 1 unspecified atom stereocenters. The van der Waals surface area contributed by atoms with Crippen LogP contribution in [-0.4, -0.2) is 47.8 Å². The maximum absolute atomic E-state index is 12.5. The molecule has 2 aromatic carbocycles. The van der Waals surface area contributed by atoms with E-state index >= 15 is 0 Å². The number of rotatable bonds is 3. The average molecular weight is 395 g/mol. The van der Waals surface area contributed by atoms with Crippen molar-refractivity contribution in [1.29, 1.82) is 0 Å². The summed E-state index contributed by atoms with van der Waals surface area (Å²) < 4.78 is 6.15. The van der Waals surface area contributed by atoms with Crippen LogP contribution in [0.5, 0.6) is 5.75 Å². The highest BCUT2D eigenvalue weighted by molar-refractivity contribution is 5.95. The molecule has 0 aliphatic carbocycles. The van der Waals surface area contributed by atoms with E-state index in [1.54, 1.807) is 0 Å². The van der Waals surface area contributed by atoms with Crippen molar-refractivity contribution >= 4 is 11.6 Å². The number of carbonyl (C=O) groups excluding carboxylic acids is 1. The number of nitrogens with zero attached hydrogens (tertiary/aromatic N) is 2. The van der Waals surface area contributed by atoms with E-state index in [-0.39, 0.29) is 18.1 Å². The molecule has 0 bridgehead atoms. The smallest absolute Gasteiger partial charge is 0.253 e. The van der Waals surface area contributed by atoms with Crippen molar-refractivity contribution in [2.24, 2.45) is 0 Å². The van der Waals surface area contributed by atoms with Crippen molar-refractivity contribution in [1.82, 2.24) is 4.90 Å². The third kappa shape index (κ3) is 4.31. The Morgan fingerprint density at radius 1 is 1.07 bits per heavy atom. The van der Waals surface area contributed by atoms with E-state index in [1.807, 2.05) is 49.1 Å². The van der Waals surface area contributed by atoms with Crippen LogP contribution < -0.4 is 4.90 Å². The largest absolute Gasteiger partial charge is 0.507 e. The molecule has 5 heteroatoms. The van der Waals surface area contributed by atoms with Gasteiger partial charge in [0, 0.05) is 18.8 Å². The predicted octanol–water partition coefficient (Wildman–Crippen LogP) is 3.80. The van der Waals surface area contributed by atoms with E-state index < -0.39 is 0 Å². The first kappa shape index (κ1) is 19.9. The van der Waals surface area contributed by atoms with Crippen LogP contribution in [0.25, 0.3) is 0 Å². The molecule has 1 amide bonds. The molecule has 2 heterocycles. The molecule has 1 atom stereocenters. The second kappa shape index (κ2) is 8.17. The fourth-order valence-corrected chi connectivity index (χ4v) is 4.64. The van der Waals surface area contributed by atoms with E-state index in [4.69, 9.17) is 4.74 Å². The van der Waals surface area contributed by atoms with Gasteiger partial charge in [0.25, 0.3) is 5.91 Å². The van der Waals surface area contributed by atoms with Crippen LogP contribution in [0, 0.1) is 13.8 Å². The molecule has 1 N–H and O–H groups in total. The number of likely N-dealkylation sites (tertiary alicyclic amines) is 1. The molecule has 2 aromatic rings. The van der Waals surface area contributed by atoms with Gasteiger partial charge in [0.05, 0.1) is 12.1 Å². The lowest BCUT2D eigenvalue weighted by Gasteiger charge is -2.42. The zero-order valence-corrected chi connectivity index (χ0v) is 17.4. The molecule has 2 aliphatic heterocycles. The van der Waals surface area contributed by atoms with Crippen LogP contribution >= 0.6 is 0 Å². The fourth-order valence-electron chi connectivity index (χ4n) is 4.64. The number of phenolic OH excluding ortho intramolecular Hbond substituents is 1. The number of ether oxygens (including phenoxy) is 1. The summed E-state index contributed by atoms with van der Waals surface area (Å²) in [5, 5.41) is 10.0. The number of morpholine rings is 1. The Balaban J connectivity index is 1.45. The van der Waals surface area contributed by atoms with Gasteiger partial charge in [-0.2, -0.15) is 0 Å². The zero-order valence-electron chi connectivity index (χ0n) is 17.4. The van der Waals surface area contributed by atoms with Crippen LogP contribution in [-0.2, 0) is 16.1 Å². The van der Waals surface area contributed by atoms with Crippen LogP contribution in [0.2, 0.25) is 0 Å². The molecule has 0 saturated carbocycles. The van der Waals surface area contributed by atoms with Gasteiger partial charge < -0.3 is 14.7 Å². The Kier molecular flexibility index (Phi) is 5.61. The van der Waals surface area contributed by atoms with Gasteiger partial charge in [-0.25, -0.2) is 0 Å². The molecular formula is C24H30N2O3. The number of hydrogen-bond donors (Lipinski definition) is 1. The highest BCUT2D eigenvalue weighted by Gasteiger charge is 2.41. The topological polar surface area (TPSA) is 53.0 Å². The first-order valence-electron chi connectivity index (χ1n) is 10.5. The molecule has 154 valence electrons. The summed E-state index contributed by atoms with van der Waals surface area (Å²) in [5.41, 5.74) is 3.79. The van der Waals surface area contributed by atoms with Gasteiger partial charge in [0.15, 0.2) is 0 Å². The van der Waals surface area contributed by atoms with Crippen LogP contribution in [0.4, 0.5) is 5.69 Å². The molecule has 0 aromatic heterocycles. The lowest BCUT2D eigenvalue weighted by atomic mass is 9.92. The second-order valence-electron chi connectivity index (χ2n) is 8.50. The predicted molar refractivity (Wildman–Crippen MR) is 114 cm³/mol. The first-order valence-corrected chi connectivity index (χ1v) is 10.5. The Hall–Kier alpha value is -2.37. The second-order valence-corrected chi connectivity index (χ2v) is 8.50. The Morgan fingerprint density at radius 3 is 2.52 bits per heavy atom. The van der Waals surface area contributed by atoms with Crippen molar-refractivity contribution in [3.05, 3.63) is 59.2 Å². The lowest BCUT2D eigenvalue weighted by Crippen LogP contribution is -2.55. The summed E-state index contributed by atoms with van der Waals surface area (Å²) in [5.74, 6) is 0.433. The number of carbonyl (C=O) groups is 1. The Labute approximate surface area is 172 Å². The van der Waals surface area contributed by atoms with E-state index in [9.17, 15) is 9.90 Å². The number of aryl methyl sites for hydroxylation is 2. The molecule has 29 heavy (non-hydrogen) atoms. The van der Waals surface area contributed by atoms with Crippen molar-refractivity contribution in [3.63, 3.8) is 0 Å². The van der Waals surface area contributed by atoms with Crippen molar-refractivity contribution in [3.8, 4) is 5.75 Å². The molecule has 1 spiro atoms. The minimum Gasteiger partial charge on any atom is -0.507 e. The summed E-state index contributed by atoms with van der Waals surface area (Å²) in [4.78, 5) is 16.8. The van der Waals surface area contributed by atoms with Crippen molar-refractivity contribution in [2.75, 3.05) is 31.1 Å². The van der Waals surface area contributed by atoms with Gasteiger partial charge in [-0.3, -0.25) is 9.69 Å². The molecule has 2 fully saturated rings. The summed E-state index contributed by atoms with van der Waals surface area (Å²) >= 11 is 0. The number of hydrogen-bond acceptors (Lipinski definition) is 4. The monoisotopic (exact) mass is 394 g/mol. The molecule has 4 rings (SSSR count). The minimum atomic E-state index is -0.265. The summed E-state index contributed by atoms with van der Waals surface area (Å²) in [6.45, 7) is 7.52. The molecule has 5 nitrogen and oxygen atoms in total. The Bertz CT molecular complexity index is 860. The quantitative estimate of drug-likeness (QED) is 0.860. The third-order valence-electron chi connectivity index (χ3n) is 6.26. The van der Waals surface area contributed by atoms with Gasteiger partial charge in [-0.05, 0) is 68.5 Å². The minimum absolute atomic E-state index is 0.0398. The van der Waals surface area contributed by atoms with Gasteiger partial charge in [-0.1, -0.05) is 30.3 Å². The SMILES string of the molecule is Cc1cc(CN2CCCC3(CC2)CN(c2ccccc2)C(=O)CO3)cc(C)c1O. The summed E-state index contributed by atoms with van der Waals surface area (Å²) in [7, 11) is 0. The van der Waals surface area contributed by atoms with Gasteiger partial charge in [0.2, 0.25) is 0 Å². The average Bonchev–Trinajstić information content (AvgIpc) is 2.91.